The van der Waals surface area contributed by atoms with E-state index in [1.807, 2.05) is 6.07 Å². The van der Waals surface area contributed by atoms with E-state index in [9.17, 15) is 0 Å². The van der Waals surface area contributed by atoms with Crippen LogP contribution in [0.5, 0.6) is 0 Å². The van der Waals surface area contributed by atoms with Crippen LogP contribution in [0.1, 0.15) is 35.7 Å². The fourth-order valence-electron chi connectivity index (χ4n) is 1.71. The van der Waals surface area contributed by atoms with Crippen LogP contribution in [0.4, 0.5) is 0 Å². The second kappa shape index (κ2) is 5.85. The zero-order valence-electron chi connectivity index (χ0n) is 9.54. The van der Waals surface area contributed by atoms with Gasteiger partial charge in [0.25, 0.3) is 0 Å². The normalized spacial score (nSPS) is 14.8. The second-order valence-corrected chi connectivity index (χ2v) is 7.43. The Morgan fingerprint density at radius 2 is 2.00 bits per heavy atom. The molecule has 0 aliphatic rings. The summed E-state index contributed by atoms with van der Waals surface area (Å²) < 4.78 is 2.03. The molecular formula is C12H13BrClNS2. The Labute approximate surface area is 123 Å². The topological polar surface area (TPSA) is 12.0 Å². The van der Waals surface area contributed by atoms with Crippen molar-refractivity contribution in [1.29, 1.82) is 0 Å². The summed E-state index contributed by atoms with van der Waals surface area (Å²) in [6, 6.07) is 6.77. The minimum Gasteiger partial charge on any atom is -0.302 e. The van der Waals surface area contributed by atoms with E-state index in [2.05, 4.69) is 52.6 Å². The predicted molar refractivity (Wildman–Crippen MR) is 81.3 cm³/mol. The summed E-state index contributed by atoms with van der Waals surface area (Å²) in [4.78, 5) is 2.61. The van der Waals surface area contributed by atoms with Crippen LogP contribution in [0.2, 0.25) is 4.34 Å². The van der Waals surface area contributed by atoms with Crippen LogP contribution in [0.3, 0.4) is 0 Å². The predicted octanol–water partition coefficient (Wildman–Crippen LogP) is 5.64. The third kappa shape index (κ3) is 3.32. The molecule has 0 fully saturated rings. The van der Waals surface area contributed by atoms with Crippen LogP contribution >= 0.6 is 50.2 Å². The first-order valence-corrected chi connectivity index (χ1v) is 8.19. The van der Waals surface area contributed by atoms with Gasteiger partial charge in [-0.3, -0.25) is 0 Å². The molecule has 2 aromatic rings. The molecule has 0 spiro atoms. The molecule has 0 saturated heterocycles. The number of hydrogen-bond acceptors (Lipinski definition) is 3. The average molecular weight is 351 g/mol. The van der Waals surface area contributed by atoms with Crippen molar-refractivity contribution >= 4 is 50.2 Å². The highest BCUT2D eigenvalue weighted by atomic mass is 79.9. The Morgan fingerprint density at radius 3 is 2.53 bits per heavy atom. The molecule has 1 nitrogen and oxygen atoms in total. The molecule has 2 heterocycles. The maximum Gasteiger partial charge on any atom is 0.0931 e. The molecule has 92 valence electrons. The Hall–Kier alpha value is 0.130. The van der Waals surface area contributed by atoms with Gasteiger partial charge in [-0.2, -0.15) is 0 Å². The average Bonchev–Trinajstić information content (AvgIpc) is 2.86. The Balaban J connectivity index is 2.04. The smallest absolute Gasteiger partial charge is 0.0931 e. The van der Waals surface area contributed by atoms with E-state index in [1.165, 1.54) is 14.2 Å². The SMILES string of the molecule is CC(NC(C)c1sccc1Br)c1ccc(Cl)s1. The van der Waals surface area contributed by atoms with E-state index in [-0.39, 0.29) is 0 Å². The minimum atomic E-state index is 0.316. The first-order chi connectivity index (χ1) is 8.08. The van der Waals surface area contributed by atoms with Gasteiger partial charge < -0.3 is 5.32 Å². The van der Waals surface area contributed by atoms with Crippen molar-refractivity contribution in [2.45, 2.75) is 25.9 Å². The molecule has 17 heavy (non-hydrogen) atoms. The number of rotatable bonds is 4. The van der Waals surface area contributed by atoms with Crippen LogP contribution in [-0.2, 0) is 0 Å². The molecule has 0 aliphatic heterocycles. The molecule has 2 rings (SSSR count). The van der Waals surface area contributed by atoms with Gasteiger partial charge in [-0.15, -0.1) is 22.7 Å². The Bertz CT molecular complexity index is 494. The van der Waals surface area contributed by atoms with Crippen molar-refractivity contribution in [3.8, 4) is 0 Å². The van der Waals surface area contributed by atoms with E-state index >= 15 is 0 Å². The molecule has 0 aromatic carbocycles. The quantitative estimate of drug-likeness (QED) is 0.752. The monoisotopic (exact) mass is 349 g/mol. The largest absolute Gasteiger partial charge is 0.302 e. The molecule has 0 bridgehead atoms. The lowest BCUT2D eigenvalue weighted by Crippen LogP contribution is -2.21. The molecule has 2 aromatic heterocycles. The number of nitrogens with one attached hydrogen (secondary N) is 1. The highest BCUT2D eigenvalue weighted by Gasteiger charge is 2.15. The lowest BCUT2D eigenvalue weighted by Gasteiger charge is -2.18. The summed E-state index contributed by atoms with van der Waals surface area (Å²) in [7, 11) is 0. The summed E-state index contributed by atoms with van der Waals surface area (Å²) in [5.74, 6) is 0. The van der Waals surface area contributed by atoms with Crippen molar-refractivity contribution in [1.82, 2.24) is 5.32 Å². The first-order valence-electron chi connectivity index (χ1n) is 5.32. The van der Waals surface area contributed by atoms with Crippen LogP contribution in [-0.4, -0.2) is 0 Å². The van der Waals surface area contributed by atoms with Gasteiger partial charge in [0.15, 0.2) is 0 Å². The van der Waals surface area contributed by atoms with Crippen LogP contribution < -0.4 is 5.32 Å². The van der Waals surface area contributed by atoms with Crippen molar-refractivity contribution in [2.24, 2.45) is 0 Å². The third-order valence-electron chi connectivity index (χ3n) is 2.56. The number of hydrogen-bond donors (Lipinski definition) is 1. The Kier molecular flexibility index (Phi) is 4.66. The fourth-order valence-corrected chi connectivity index (χ4v) is 4.52. The van der Waals surface area contributed by atoms with Gasteiger partial charge in [-0.1, -0.05) is 11.6 Å². The molecule has 5 heteroatoms. The Morgan fingerprint density at radius 1 is 1.24 bits per heavy atom. The van der Waals surface area contributed by atoms with Crippen molar-refractivity contribution in [3.05, 3.63) is 42.1 Å². The van der Waals surface area contributed by atoms with Gasteiger partial charge in [0, 0.05) is 26.3 Å². The maximum atomic E-state index is 5.95. The van der Waals surface area contributed by atoms with E-state index in [4.69, 9.17) is 11.6 Å². The molecule has 2 unspecified atom stereocenters. The molecule has 0 radical (unpaired) electrons. The van der Waals surface area contributed by atoms with Crippen LogP contribution in [0, 0.1) is 0 Å². The van der Waals surface area contributed by atoms with Gasteiger partial charge in [-0.25, -0.2) is 0 Å². The lowest BCUT2D eigenvalue weighted by molar-refractivity contribution is 0.504. The molecule has 0 amide bonds. The summed E-state index contributed by atoms with van der Waals surface area (Å²) in [5, 5.41) is 5.69. The molecular weight excluding hydrogens is 338 g/mol. The van der Waals surface area contributed by atoms with E-state index in [1.54, 1.807) is 22.7 Å². The van der Waals surface area contributed by atoms with Crippen molar-refractivity contribution in [2.75, 3.05) is 0 Å². The van der Waals surface area contributed by atoms with Gasteiger partial charge in [-0.05, 0) is 53.4 Å². The molecule has 0 aliphatic carbocycles. The fraction of sp³-hybridized carbons (Fsp3) is 0.333. The summed E-state index contributed by atoms with van der Waals surface area (Å²) in [6.45, 7) is 4.35. The summed E-state index contributed by atoms with van der Waals surface area (Å²) in [5.41, 5.74) is 0. The highest BCUT2D eigenvalue weighted by molar-refractivity contribution is 9.10. The zero-order chi connectivity index (χ0) is 12.4. The lowest BCUT2D eigenvalue weighted by atomic mass is 10.2. The second-order valence-electron chi connectivity index (χ2n) is 3.88. The minimum absolute atomic E-state index is 0.316. The number of thiophene rings is 2. The first kappa shape index (κ1) is 13.6. The van der Waals surface area contributed by atoms with Crippen molar-refractivity contribution in [3.63, 3.8) is 0 Å². The van der Waals surface area contributed by atoms with Gasteiger partial charge >= 0.3 is 0 Å². The zero-order valence-corrected chi connectivity index (χ0v) is 13.5. The maximum absolute atomic E-state index is 5.95. The van der Waals surface area contributed by atoms with E-state index in [0.29, 0.717) is 12.1 Å². The van der Waals surface area contributed by atoms with Gasteiger partial charge in [0.2, 0.25) is 0 Å². The van der Waals surface area contributed by atoms with Crippen molar-refractivity contribution < 1.29 is 0 Å². The van der Waals surface area contributed by atoms with E-state index < -0.39 is 0 Å². The molecule has 2 atom stereocenters. The summed E-state index contributed by atoms with van der Waals surface area (Å²) >= 11 is 12.9. The van der Waals surface area contributed by atoms with Gasteiger partial charge in [0.1, 0.15) is 0 Å². The third-order valence-corrected chi connectivity index (χ3v) is 6.03. The molecule has 0 saturated carbocycles. The van der Waals surface area contributed by atoms with Gasteiger partial charge in [0.05, 0.1) is 4.34 Å². The number of halogens is 2. The van der Waals surface area contributed by atoms with Crippen LogP contribution in [0.15, 0.2) is 28.1 Å². The summed E-state index contributed by atoms with van der Waals surface area (Å²) in [6.07, 6.45) is 0. The van der Waals surface area contributed by atoms with E-state index in [0.717, 1.165) is 4.34 Å². The molecule has 1 N–H and O–H groups in total. The standard InChI is InChI=1S/C12H13BrClNS2/c1-7(10-3-4-11(14)17-10)15-8(2)12-9(13)5-6-16-12/h3-8,15H,1-2H3. The highest BCUT2D eigenvalue weighted by Crippen LogP contribution is 2.32. The van der Waals surface area contributed by atoms with Crippen LogP contribution in [0.25, 0.3) is 0 Å².